The molecule has 0 aliphatic heterocycles. The fourth-order valence-electron chi connectivity index (χ4n) is 0.775. The average Bonchev–Trinajstić information content (AvgIpc) is 2.48. The molecule has 5 nitrogen and oxygen atoms in total. The molecule has 0 atom stereocenters. The minimum atomic E-state index is -0.877. The van der Waals surface area contributed by atoms with Gasteiger partial charge < -0.3 is 5.11 Å². The molecule has 0 spiro atoms. The number of carboxylic acids is 1. The molecule has 0 saturated heterocycles. The fraction of sp³-hybridized carbons (Fsp3) is 0.286. The highest BCUT2D eigenvalue weighted by molar-refractivity contribution is 5.71. The van der Waals surface area contributed by atoms with Crippen molar-refractivity contribution in [1.82, 2.24) is 9.78 Å². The second kappa shape index (κ2) is 3.66. The Morgan fingerprint density at radius 3 is 3.00 bits per heavy atom. The van der Waals surface area contributed by atoms with Gasteiger partial charge in [-0.15, -0.1) is 0 Å². The maximum Gasteiger partial charge on any atom is 0.305 e. The first kappa shape index (κ1) is 8.45. The Morgan fingerprint density at radius 1 is 1.75 bits per heavy atom. The highest BCUT2D eigenvalue weighted by Gasteiger charge is 1.99. The van der Waals surface area contributed by atoms with Crippen molar-refractivity contribution in [3.63, 3.8) is 0 Å². The maximum atomic E-state index is 10.2. The average molecular weight is 168 g/mol. The summed E-state index contributed by atoms with van der Waals surface area (Å²) in [6.07, 6.45) is 2.21. The van der Waals surface area contributed by atoms with Crippen LogP contribution in [0.4, 0.5) is 0 Å². The van der Waals surface area contributed by atoms with Crippen LogP contribution in [0, 0.1) is 0 Å². The van der Waals surface area contributed by atoms with Crippen molar-refractivity contribution in [3.8, 4) is 0 Å². The normalized spacial score (nSPS) is 9.67. The summed E-state index contributed by atoms with van der Waals surface area (Å²) >= 11 is 0. The van der Waals surface area contributed by atoms with Crippen molar-refractivity contribution in [2.75, 3.05) is 0 Å². The molecule has 5 heteroatoms. The van der Waals surface area contributed by atoms with Crippen molar-refractivity contribution in [1.29, 1.82) is 0 Å². The smallest absolute Gasteiger partial charge is 0.305 e. The lowest BCUT2D eigenvalue weighted by atomic mass is 10.4. The summed E-state index contributed by atoms with van der Waals surface area (Å²) in [5.41, 5.74) is 0.320. The summed E-state index contributed by atoms with van der Waals surface area (Å²) in [7, 11) is 0. The Labute approximate surface area is 68.6 Å². The lowest BCUT2D eigenvalue weighted by Crippen LogP contribution is -2.05. The van der Waals surface area contributed by atoms with E-state index in [1.165, 1.54) is 10.7 Å². The number of hydrogen-bond donors (Lipinski definition) is 1. The van der Waals surface area contributed by atoms with Crippen molar-refractivity contribution >= 4 is 12.3 Å². The topological polar surface area (TPSA) is 72.2 Å². The zero-order valence-corrected chi connectivity index (χ0v) is 6.30. The van der Waals surface area contributed by atoms with E-state index in [9.17, 15) is 9.59 Å². The van der Waals surface area contributed by atoms with E-state index in [0.29, 0.717) is 18.5 Å². The molecule has 0 saturated carbocycles. The molecule has 1 aromatic rings. The van der Waals surface area contributed by atoms with E-state index in [4.69, 9.17) is 5.11 Å². The first-order valence-electron chi connectivity index (χ1n) is 3.43. The second-order valence-corrected chi connectivity index (χ2v) is 2.27. The number of carbonyl (C=O) groups is 2. The van der Waals surface area contributed by atoms with Crippen LogP contribution in [-0.4, -0.2) is 27.1 Å². The number of aliphatic carboxylic acids is 1. The molecule has 0 amide bonds. The van der Waals surface area contributed by atoms with E-state index in [2.05, 4.69) is 5.10 Å². The van der Waals surface area contributed by atoms with Crippen LogP contribution < -0.4 is 0 Å². The second-order valence-electron chi connectivity index (χ2n) is 2.27. The van der Waals surface area contributed by atoms with E-state index in [-0.39, 0.29) is 6.42 Å². The van der Waals surface area contributed by atoms with Gasteiger partial charge in [0.25, 0.3) is 0 Å². The predicted octanol–water partition coefficient (Wildman–Crippen LogP) is 0.170. The number of hydrogen-bond acceptors (Lipinski definition) is 3. The largest absolute Gasteiger partial charge is 0.481 e. The van der Waals surface area contributed by atoms with Gasteiger partial charge in [0, 0.05) is 6.20 Å². The summed E-state index contributed by atoms with van der Waals surface area (Å²) < 4.78 is 1.43. The lowest BCUT2D eigenvalue weighted by molar-refractivity contribution is -0.137. The molecular formula is C7H8N2O3. The first-order chi connectivity index (χ1) is 5.72. The molecule has 1 N–H and O–H groups in total. The maximum absolute atomic E-state index is 10.2. The van der Waals surface area contributed by atoms with Crippen LogP contribution >= 0.6 is 0 Å². The zero-order chi connectivity index (χ0) is 8.97. The lowest BCUT2D eigenvalue weighted by Gasteiger charge is -1.95. The molecule has 0 bridgehead atoms. The molecule has 1 aromatic heterocycles. The van der Waals surface area contributed by atoms with E-state index in [1.807, 2.05) is 0 Å². The number of carboxylic acid groups (broad SMARTS) is 1. The molecule has 0 radical (unpaired) electrons. The standard InChI is InChI=1S/C7H8N2O3/c10-5-6-1-3-9(8-6)4-2-7(11)12/h1,3,5H,2,4H2,(H,11,12). The molecule has 0 unspecified atom stereocenters. The third-order valence-electron chi connectivity index (χ3n) is 1.34. The number of rotatable bonds is 4. The molecule has 0 aliphatic rings. The van der Waals surface area contributed by atoms with Gasteiger partial charge in [0.1, 0.15) is 5.69 Å². The molecule has 1 rings (SSSR count). The van der Waals surface area contributed by atoms with Crippen LogP contribution in [-0.2, 0) is 11.3 Å². The molecule has 64 valence electrons. The highest BCUT2D eigenvalue weighted by Crippen LogP contribution is 1.93. The molecule has 0 fully saturated rings. The number of aryl methyl sites for hydroxylation is 1. The number of aldehydes is 1. The van der Waals surface area contributed by atoms with Crippen LogP contribution in [0.5, 0.6) is 0 Å². The number of aromatic nitrogens is 2. The molecular weight excluding hydrogens is 160 g/mol. The highest BCUT2D eigenvalue weighted by atomic mass is 16.4. The Bertz CT molecular complexity index is 293. The van der Waals surface area contributed by atoms with Crippen molar-refractivity contribution < 1.29 is 14.7 Å². The van der Waals surface area contributed by atoms with Crippen LogP contribution in [0.25, 0.3) is 0 Å². The Morgan fingerprint density at radius 2 is 2.50 bits per heavy atom. The van der Waals surface area contributed by atoms with Gasteiger partial charge in [-0.05, 0) is 6.07 Å². The molecule has 0 aromatic carbocycles. The summed E-state index contributed by atoms with van der Waals surface area (Å²) in [5.74, 6) is -0.877. The Balaban J connectivity index is 2.52. The van der Waals surface area contributed by atoms with Gasteiger partial charge in [0.2, 0.25) is 0 Å². The van der Waals surface area contributed by atoms with Gasteiger partial charge in [-0.1, -0.05) is 0 Å². The van der Waals surface area contributed by atoms with E-state index >= 15 is 0 Å². The van der Waals surface area contributed by atoms with Crippen molar-refractivity contribution in [3.05, 3.63) is 18.0 Å². The van der Waals surface area contributed by atoms with E-state index in [1.54, 1.807) is 6.20 Å². The van der Waals surface area contributed by atoms with Gasteiger partial charge in [-0.2, -0.15) is 5.10 Å². The quantitative estimate of drug-likeness (QED) is 0.650. The fourth-order valence-corrected chi connectivity index (χ4v) is 0.775. The number of nitrogens with zero attached hydrogens (tertiary/aromatic N) is 2. The third kappa shape index (κ3) is 2.19. The Kier molecular flexibility index (Phi) is 2.57. The number of carbonyl (C=O) groups excluding carboxylic acids is 1. The monoisotopic (exact) mass is 168 g/mol. The summed E-state index contributed by atoms with van der Waals surface area (Å²) in [6.45, 7) is 0.295. The van der Waals surface area contributed by atoms with Crippen LogP contribution in [0.15, 0.2) is 12.3 Å². The summed E-state index contributed by atoms with van der Waals surface area (Å²) in [6, 6.07) is 1.54. The van der Waals surface area contributed by atoms with Crippen molar-refractivity contribution in [2.45, 2.75) is 13.0 Å². The minimum absolute atomic E-state index is 0.0139. The first-order valence-corrected chi connectivity index (χ1v) is 3.43. The summed E-state index contributed by atoms with van der Waals surface area (Å²) in [5, 5.41) is 12.1. The van der Waals surface area contributed by atoms with Crippen LogP contribution in [0.2, 0.25) is 0 Å². The Hall–Kier alpha value is -1.65. The molecule has 0 aliphatic carbocycles. The summed E-state index contributed by atoms with van der Waals surface area (Å²) in [4.78, 5) is 20.3. The third-order valence-corrected chi connectivity index (χ3v) is 1.34. The van der Waals surface area contributed by atoms with E-state index < -0.39 is 5.97 Å². The molecule has 12 heavy (non-hydrogen) atoms. The molecule has 1 heterocycles. The minimum Gasteiger partial charge on any atom is -0.481 e. The zero-order valence-electron chi connectivity index (χ0n) is 6.30. The van der Waals surface area contributed by atoms with Gasteiger partial charge >= 0.3 is 5.97 Å². The SMILES string of the molecule is O=Cc1ccn(CCC(=O)O)n1. The van der Waals surface area contributed by atoms with Gasteiger partial charge in [0.15, 0.2) is 6.29 Å². The van der Waals surface area contributed by atoms with E-state index in [0.717, 1.165) is 0 Å². The van der Waals surface area contributed by atoms with Crippen LogP contribution in [0.3, 0.4) is 0 Å². The van der Waals surface area contributed by atoms with Crippen molar-refractivity contribution in [2.24, 2.45) is 0 Å². The predicted molar refractivity (Wildman–Crippen MR) is 39.9 cm³/mol. The van der Waals surface area contributed by atoms with Crippen LogP contribution in [0.1, 0.15) is 16.9 Å². The van der Waals surface area contributed by atoms with Gasteiger partial charge in [-0.25, -0.2) is 0 Å². The van der Waals surface area contributed by atoms with Gasteiger partial charge in [0.05, 0.1) is 13.0 Å². The van der Waals surface area contributed by atoms with Gasteiger partial charge in [-0.3, -0.25) is 14.3 Å².